The third-order valence-corrected chi connectivity index (χ3v) is 2.77. The van der Waals surface area contributed by atoms with Crippen molar-refractivity contribution in [3.63, 3.8) is 0 Å². The molecule has 1 amide bonds. The molecule has 5 heteroatoms. The van der Waals surface area contributed by atoms with Gasteiger partial charge in [-0.25, -0.2) is 4.79 Å². The fourth-order valence-corrected chi connectivity index (χ4v) is 2.14. The molecule has 90 valence electrons. The van der Waals surface area contributed by atoms with Crippen molar-refractivity contribution in [1.29, 1.82) is 0 Å². The minimum atomic E-state index is -0.501. The molecule has 0 aromatic carbocycles. The van der Waals surface area contributed by atoms with Crippen LogP contribution in [0.4, 0.5) is 4.79 Å². The highest BCUT2D eigenvalue weighted by Crippen LogP contribution is 2.30. The molecule has 2 unspecified atom stereocenters. The van der Waals surface area contributed by atoms with Crippen molar-refractivity contribution in [2.75, 3.05) is 6.54 Å². The number of hydrogen-bond donors (Lipinski definition) is 0. The monoisotopic (exact) mass is 227 g/mol. The number of carbonyl (C=O) groups is 2. The van der Waals surface area contributed by atoms with Crippen LogP contribution >= 0.6 is 0 Å². The van der Waals surface area contributed by atoms with Crippen LogP contribution in [0.15, 0.2) is 0 Å². The zero-order valence-corrected chi connectivity index (χ0v) is 9.86. The number of rotatable bonds is 0. The zero-order chi connectivity index (χ0) is 11.9. The number of esters is 1. The van der Waals surface area contributed by atoms with E-state index in [4.69, 9.17) is 9.47 Å². The van der Waals surface area contributed by atoms with Gasteiger partial charge in [0.25, 0.3) is 0 Å². The van der Waals surface area contributed by atoms with Crippen LogP contribution < -0.4 is 0 Å². The Bertz CT molecular complexity index is 320. The number of carbonyl (C=O) groups excluding carboxylic acids is 2. The first-order valence-corrected chi connectivity index (χ1v) is 5.56. The van der Waals surface area contributed by atoms with Crippen molar-refractivity contribution in [2.24, 2.45) is 0 Å². The lowest BCUT2D eigenvalue weighted by Crippen LogP contribution is -2.41. The van der Waals surface area contributed by atoms with Crippen LogP contribution in [0.5, 0.6) is 0 Å². The normalized spacial score (nSPS) is 28.9. The van der Waals surface area contributed by atoms with Crippen LogP contribution in [0.25, 0.3) is 0 Å². The Labute approximate surface area is 94.7 Å². The number of likely N-dealkylation sites (tertiary alicyclic amines) is 1. The van der Waals surface area contributed by atoms with Gasteiger partial charge in [-0.05, 0) is 20.8 Å². The quantitative estimate of drug-likeness (QED) is 0.585. The molecule has 0 aromatic heterocycles. The van der Waals surface area contributed by atoms with Gasteiger partial charge in [-0.15, -0.1) is 0 Å². The molecule has 2 aliphatic rings. The van der Waals surface area contributed by atoms with Gasteiger partial charge in [0.2, 0.25) is 0 Å². The third kappa shape index (κ3) is 2.13. The topological polar surface area (TPSA) is 55.8 Å². The summed E-state index contributed by atoms with van der Waals surface area (Å²) in [6, 6.07) is -0.123. The Morgan fingerprint density at radius 1 is 1.50 bits per heavy atom. The Morgan fingerprint density at radius 2 is 2.19 bits per heavy atom. The van der Waals surface area contributed by atoms with E-state index >= 15 is 0 Å². The summed E-state index contributed by atoms with van der Waals surface area (Å²) < 4.78 is 10.4. The number of amides is 1. The predicted octanol–water partition coefficient (Wildman–Crippen LogP) is 1.31. The molecular weight excluding hydrogens is 210 g/mol. The second-order valence-corrected chi connectivity index (χ2v) is 5.26. The molecular formula is C11H17NO4. The number of fused-ring (bicyclic) bond motifs is 1. The highest BCUT2D eigenvalue weighted by atomic mass is 16.6. The average Bonchev–Trinajstić information content (AvgIpc) is 2.58. The first kappa shape index (κ1) is 11.2. The van der Waals surface area contributed by atoms with Gasteiger partial charge >= 0.3 is 12.1 Å². The molecule has 2 saturated heterocycles. The Hall–Kier alpha value is -1.26. The molecule has 2 rings (SSSR count). The molecule has 2 aliphatic heterocycles. The SMILES string of the molecule is CC(C)(C)OC(=O)N1CCC2OC(=O)CC21. The lowest BCUT2D eigenvalue weighted by atomic mass is 10.1. The predicted molar refractivity (Wildman–Crippen MR) is 55.8 cm³/mol. The van der Waals surface area contributed by atoms with Crippen molar-refractivity contribution in [3.8, 4) is 0 Å². The van der Waals surface area contributed by atoms with E-state index in [1.807, 2.05) is 20.8 Å². The van der Waals surface area contributed by atoms with Crippen molar-refractivity contribution in [2.45, 2.75) is 51.4 Å². The molecule has 0 radical (unpaired) electrons. The van der Waals surface area contributed by atoms with E-state index in [1.54, 1.807) is 4.90 Å². The number of nitrogens with zero attached hydrogens (tertiary/aromatic N) is 1. The van der Waals surface area contributed by atoms with E-state index < -0.39 is 5.60 Å². The number of hydrogen-bond acceptors (Lipinski definition) is 4. The van der Waals surface area contributed by atoms with Gasteiger partial charge in [0.15, 0.2) is 0 Å². The van der Waals surface area contributed by atoms with Crippen molar-refractivity contribution in [3.05, 3.63) is 0 Å². The largest absolute Gasteiger partial charge is 0.460 e. The fraction of sp³-hybridized carbons (Fsp3) is 0.818. The lowest BCUT2D eigenvalue weighted by molar-refractivity contribution is -0.141. The molecule has 0 N–H and O–H groups in total. The zero-order valence-electron chi connectivity index (χ0n) is 9.86. The molecule has 2 fully saturated rings. The van der Waals surface area contributed by atoms with Crippen LogP contribution in [-0.2, 0) is 14.3 Å². The maximum Gasteiger partial charge on any atom is 0.410 e. The first-order chi connectivity index (χ1) is 7.37. The average molecular weight is 227 g/mol. The third-order valence-electron chi connectivity index (χ3n) is 2.77. The van der Waals surface area contributed by atoms with Gasteiger partial charge in [0, 0.05) is 13.0 Å². The summed E-state index contributed by atoms with van der Waals surface area (Å²) in [5.74, 6) is -0.219. The summed E-state index contributed by atoms with van der Waals surface area (Å²) in [5.41, 5.74) is -0.501. The maximum atomic E-state index is 11.8. The molecule has 5 nitrogen and oxygen atoms in total. The van der Waals surface area contributed by atoms with Gasteiger partial charge in [0.1, 0.15) is 11.7 Å². The molecule has 2 atom stereocenters. The summed E-state index contributed by atoms with van der Waals surface area (Å²) in [7, 11) is 0. The van der Waals surface area contributed by atoms with E-state index in [-0.39, 0.29) is 24.2 Å². The minimum Gasteiger partial charge on any atom is -0.460 e. The summed E-state index contributed by atoms with van der Waals surface area (Å²) in [5, 5.41) is 0. The second kappa shape index (κ2) is 3.64. The number of ether oxygens (including phenoxy) is 2. The van der Waals surface area contributed by atoms with Crippen molar-refractivity contribution < 1.29 is 19.1 Å². The smallest absolute Gasteiger partial charge is 0.410 e. The second-order valence-electron chi connectivity index (χ2n) is 5.26. The first-order valence-electron chi connectivity index (χ1n) is 5.56. The molecule has 2 heterocycles. The van der Waals surface area contributed by atoms with E-state index in [0.29, 0.717) is 13.0 Å². The minimum absolute atomic E-state index is 0.123. The van der Waals surface area contributed by atoms with Crippen LogP contribution in [0.1, 0.15) is 33.6 Å². The van der Waals surface area contributed by atoms with Crippen LogP contribution in [0.3, 0.4) is 0 Å². The molecule has 0 spiro atoms. The Kier molecular flexibility index (Phi) is 2.56. The molecule has 16 heavy (non-hydrogen) atoms. The van der Waals surface area contributed by atoms with Crippen molar-refractivity contribution in [1.82, 2.24) is 4.90 Å². The highest BCUT2D eigenvalue weighted by molar-refractivity contribution is 5.76. The maximum absolute atomic E-state index is 11.8. The van der Waals surface area contributed by atoms with Crippen LogP contribution in [-0.4, -0.2) is 41.3 Å². The lowest BCUT2D eigenvalue weighted by Gasteiger charge is -2.26. The summed E-state index contributed by atoms with van der Waals surface area (Å²) >= 11 is 0. The van der Waals surface area contributed by atoms with Crippen LogP contribution in [0.2, 0.25) is 0 Å². The van der Waals surface area contributed by atoms with E-state index in [2.05, 4.69) is 0 Å². The van der Waals surface area contributed by atoms with E-state index in [1.165, 1.54) is 0 Å². The Balaban J connectivity index is 2.00. The molecule has 0 aromatic rings. The summed E-state index contributed by atoms with van der Waals surface area (Å²) in [6.07, 6.45) is 0.540. The fourth-order valence-electron chi connectivity index (χ4n) is 2.14. The van der Waals surface area contributed by atoms with Gasteiger partial charge in [-0.1, -0.05) is 0 Å². The molecule has 0 saturated carbocycles. The summed E-state index contributed by atoms with van der Waals surface area (Å²) in [6.45, 7) is 6.09. The summed E-state index contributed by atoms with van der Waals surface area (Å²) in [4.78, 5) is 24.6. The Morgan fingerprint density at radius 3 is 2.81 bits per heavy atom. The van der Waals surface area contributed by atoms with Gasteiger partial charge in [-0.3, -0.25) is 4.79 Å². The van der Waals surface area contributed by atoms with Gasteiger partial charge in [0.05, 0.1) is 12.5 Å². The van der Waals surface area contributed by atoms with Gasteiger partial charge < -0.3 is 14.4 Å². The van der Waals surface area contributed by atoms with Crippen LogP contribution in [0, 0.1) is 0 Å². The molecule has 0 bridgehead atoms. The van der Waals surface area contributed by atoms with Gasteiger partial charge in [-0.2, -0.15) is 0 Å². The van der Waals surface area contributed by atoms with Crippen molar-refractivity contribution >= 4 is 12.1 Å². The van der Waals surface area contributed by atoms with E-state index in [0.717, 1.165) is 6.42 Å². The highest BCUT2D eigenvalue weighted by Gasteiger charge is 2.46. The standard InChI is InChI=1S/C11H17NO4/c1-11(2,3)16-10(14)12-5-4-8-7(12)6-9(13)15-8/h7-8H,4-6H2,1-3H3. The van der Waals surface area contributed by atoms with E-state index in [9.17, 15) is 9.59 Å². The molecule has 0 aliphatic carbocycles.